The molecule has 8 heteroatoms. The molecule has 1 heterocycles. The van der Waals surface area contributed by atoms with E-state index in [1.165, 1.54) is 12.1 Å². The minimum Gasteiger partial charge on any atom is -0.473 e. The highest BCUT2D eigenvalue weighted by atomic mass is 19.1. The average molecular weight is 404 g/mol. The second-order valence-electron chi connectivity index (χ2n) is 6.25. The molecule has 29 heavy (non-hydrogen) atoms. The van der Waals surface area contributed by atoms with E-state index in [-0.39, 0.29) is 5.82 Å². The summed E-state index contributed by atoms with van der Waals surface area (Å²) in [4.78, 5) is 18.2. The molecule has 0 aliphatic carbocycles. The summed E-state index contributed by atoms with van der Waals surface area (Å²) in [6, 6.07) is 13.7. The zero-order valence-corrected chi connectivity index (χ0v) is 15.3. The summed E-state index contributed by atoms with van der Waals surface area (Å²) in [5.41, 5.74) is 2.48. The first kappa shape index (κ1) is 17.8. The number of benzene rings is 2. The zero-order chi connectivity index (χ0) is 23.9. The molecule has 1 aliphatic rings. The second-order valence-corrected chi connectivity index (χ2v) is 6.25. The standard InChI is InChI=1S/C19H19FN2O.C2H2O4/c1-22-10-2-9-19(16-4-6-17(20)7-5-16)18-8-3-14(12-21)11-15(18)13-23-19;3-1(4)2(5)6/h3-8,11,22H,2,9-10,13H2,1H3;(H,3,4)(H,5,6)/i1+1D3;. The van der Waals surface area contributed by atoms with Gasteiger partial charge in [0.1, 0.15) is 11.4 Å². The highest BCUT2D eigenvalue weighted by Gasteiger charge is 2.41. The number of hydrogen-bond donors (Lipinski definition) is 3. The molecule has 2 aromatic rings. The fourth-order valence-corrected chi connectivity index (χ4v) is 3.19. The van der Waals surface area contributed by atoms with Gasteiger partial charge in [-0.15, -0.1) is 0 Å². The van der Waals surface area contributed by atoms with Gasteiger partial charge in [-0.25, -0.2) is 14.0 Å². The minimum absolute atomic E-state index is 0.314. The van der Waals surface area contributed by atoms with Crippen molar-refractivity contribution in [3.8, 4) is 6.07 Å². The fourth-order valence-electron chi connectivity index (χ4n) is 3.19. The topological polar surface area (TPSA) is 120 Å². The van der Waals surface area contributed by atoms with E-state index in [0.29, 0.717) is 31.6 Å². The molecule has 1 unspecified atom stereocenters. The SMILES string of the molecule is O=C(O)C(=O)O.[2H][13C]([2H])([2H])NCCCC1(c2ccc(F)cc2)OCc2cc(C#N)ccc21. The van der Waals surface area contributed by atoms with Crippen LogP contribution in [0.25, 0.3) is 0 Å². The van der Waals surface area contributed by atoms with E-state index in [4.69, 9.17) is 33.9 Å². The summed E-state index contributed by atoms with van der Waals surface area (Å²) in [5, 5.41) is 26.4. The summed E-state index contributed by atoms with van der Waals surface area (Å²) in [7, 11) is 0. The van der Waals surface area contributed by atoms with Crippen LogP contribution >= 0.6 is 0 Å². The molecular weight excluding hydrogens is 380 g/mol. The normalized spacial score (nSPS) is 18.8. The fraction of sp³-hybridized carbons (Fsp3) is 0.286. The number of ether oxygens (including phenoxy) is 1. The maximum absolute atomic E-state index is 13.4. The lowest BCUT2D eigenvalue weighted by atomic mass is 9.81. The number of halogens is 1. The zero-order valence-electron chi connectivity index (χ0n) is 18.3. The van der Waals surface area contributed by atoms with Gasteiger partial charge in [0.05, 0.1) is 18.2 Å². The van der Waals surface area contributed by atoms with Crippen molar-refractivity contribution in [3.05, 3.63) is 70.5 Å². The van der Waals surface area contributed by atoms with Gasteiger partial charge in [-0.05, 0) is 67.3 Å². The van der Waals surface area contributed by atoms with E-state index in [1.54, 1.807) is 24.3 Å². The van der Waals surface area contributed by atoms with Gasteiger partial charge < -0.3 is 20.3 Å². The number of carboxylic acids is 2. The Morgan fingerprint density at radius 3 is 2.55 bits per heavy atom. The Labute approximate surface area is 171 Å². The third-order valence-electron chi connectivity index (χ3n) is 4.47. The molecule has 152 valence electrons. The lowest BCUT2D eigenvalue weighted by molar-refractivity contribution is -0.159. The van der Waals surface area contributed by atoms with Crippen LogP contribution in [0, 0.1) is 17.1 Å². The van der Waals surface area contributed by atoms with Crippen LogP contribution in [0.1, 0.15) is 39.2 Å². The Balaban J connectivity index is 0.000000534. The lowest BCUT2D eigenvalue weighted by Gasteiger charge is -2.30. The third kappa shape index (κ3) is 5.16. The third-order valence-corrected chi connectivity index (χ3v) is 4.47. The Hall–Kier alpha value is -3.28. The highest BCUT2D eigenvalue weighted by Crippen LogP contribution is 2.45. The van der Waals surface area contributed by atoms with Crippen LogP contribution in [0.5, 0.6) is 0 Å². The molecule has 7 nitrogen and oxygen atoms in total. The van der Waals surface area contributed by atoms with E-state index in [0.717, 1.165) is 16.7 Å². The molecule has 0 aromatic heterocycles. The summed E-state index contributed by atoms with van der Waals surface area (Å²) >= 11 is 0. The predicted molar refractivity (Wildman–Crippen MR) is 102 cm³/mol. The maximum Gasteiger partial charge on any atom is 0.414 e. The summed E-state index contributed by atoms with van der Waals surface area (Å²) in [6.07, 6.45) is 1.11. The van der Waals surface area contributed by atoms with E-state index >= 15 is 0 Å². The molecule has 3 rings (SSSR count). The average Bonchev–Trinajstić information content (AvgIpc) is 3.10. The summed E-state index contributed by atoms with van der Waals surface area (Å²) in [6.45, 7) is -1.51. The van der Waals surface area contributed by atoms with Crippen molar-refractivity contribution in [2.45, 2.75) is 25.0 Å². The molecule has 0 radical (unpaired) electrons. The van der Waals surface area contributed by atoms with Gasteiger partial charge in [0.25, 0.3) is 0 Å². The van der Waals surface area contributed by atoms with Gasteiger partial charge in [0, 0.05) is 4.11 Å². The van der Waals surface area contributed by atoms with Crippen molar-refractivity contribution in [1.29, 1.82) is 5.26 Å². The number of nitrogens with one attached hydrogen (secondary N) is 1. The van der Waals surface area contributed by atoms with Crippen LogP contribution in [-0.4, -0.2) is 35.7 Å². The smallest absolute Gasteiger partial charge is 0.414 e. The van der Waals surface area contributed by atoms with Crippen molar-refractivity contribution >= 4 is 11.9 Å². The highest BCUT2D eigenvalue weighted by molar-refractivity contribution is 6.27. The summed E-state index contributed by atoms with van der Waals surface area (Å²) < 4.78 is 41.3. The Kier molecular flexibility index (Phi) is 6.00. The molecule has 0 amide bonds. The molecular formula is C21H21FN2O5. The van der Waals surface area contributed by atoms with Crippen LogP contribution < -0.4 is 5.32 Å². The lowest BCUT2D eigenvalue weighted by Crippen LogP contribution is -2.28. The van der Waals surface area contributed by atoms with E-state index in [2.05, 4.69) is 11.4 Å². The molecule has 0 fully saturated rings. The van der Waals surface area contributed by atoms with Crippen LogP contribution in [0.4, 0.5) is 4.39 Å². The molecule has 0 saturated carbocycles. The number of rotatable bonds is 5. The Morgan fingerprint density at radius 1 is 1.28 bits per heavy atom. The van der Waals surface area contributed by atoms with Gasteiger partial charge in [-0.2, -0.15) is 5.26 Å². The van der Waals surface area contributed by atoms with Crippen molar-refractivity contribution in [3.63, 3.8) is 0 Å². The van der Waals surface area contributed by atoms with E-state index < -0.39 is 24.5 Å². The molecule has 3 N–H and O–H groups in total. The largest absolute Gasteiger partial charge is 0.473 e. The van der Waals surface area contributed by atoms with Gasteiger partial charge in [0.2, 0.25) is 0 Å². The number of carbonyl (C=O) groups is 2. The summed E-state index contributed by atoms with van der Waals surface area (Å²) in [5.74, 6) is -3.98. The van der Waals surface area contributed by atoms with Gasteiger partial charge in [-0.3, -0.25) is 0 Å². The first-order valence-corrected chi connectivity index (χ1v) is 8.63. The number of fused-ring (bicyclic) bond motifs is 1. The minimum atomic E-state index is -2.18. The molecule has 1 aliphatic heterocycles. The predicted octanol–water partition coefficient (Wildman–Crippen LogP) is 2.63. The van der Waals surface area contributed by atoms with Gasteiger partial charge in [0.15, 0.2) is 0 Å². The van der Waals surface area contributed by atoms with Crippen LogP contribution in [0.3, 0.4) is 0 Å². The van der Waals surface area contributed by atoms with Crippen molar-refractivity contribution in [1.82, 2.24) is 5.32 Å². The first-order chi connectivity index (χ1) is 15.0. The number of carboxylic acid groups (broad SMARTS) is 2. The number of hydrogen-bond acceptors (Lipinski definition) is 5. The Morgan fingerprint density at radius 2 is 1.97 bits per heavy atom. The molecule has 0 saturated heterocycles. The first-order valence-electron chi connectivity index (χ1n) is 10.1. The van der Waals surface area contributed by atoms with Crippen LogP contribution in [-0.2, 0) is 26.5 Å². The number of aliphatic carboxylic acids is 2. The van der Waals surface area contributed by atoms with Crippen LogP contribution in [0.2, 0.25) is 0 Å². The Bertz CT molecular complexity index is 1010. The van der Waals surface area contributed by atoms with Crippen molar-refractivity contribution in [2.75, 3.05) is 13.5 Å². The molecule has 2 aromatic carbocycles. The molecule has 0 spiro atoms. The quantitative estimate of drug-likeness (QED) is 0.398. The van der Waals surface area contributed by atoms with Crippen LogP contribution in [0.15, 0.2) is 42.5 Å². The maximum atomic E-state index is 13.4. The van der Waals surface area contributed by atoms with Crippen molar-refractivity contribution in [2.24, 2.45) is 0 Å². The van der Waals surface area contributed by atoms with E-state index in [1.807, 2.05) is 6.07 Å². The monoisotopic (exact) mass is 404 g/mol. The van der Waals surface area contributed by atoms with Crippen molar-refractivity contribution < 1.29 is 33.0 Å². The van der Waals surface area contributed by atoms with Gasteiger partial charge >= 0.3 is 11.9 Å². The number of nitrogens with zero attached hydrogens (tertiary/aromatic N) is 1. The number of nitriles is 1. The molecule has 0 bridgehead atoms. The second kappa shape index (κ2) is 9.78. The van der Waals surface area contributed by atoms with Gasteiger partial charge in [-0.1, -0.05) is 18.2 Å². The molecule has 1 atom stereocenters. The van der Waals surface area contributed by atoms with E-state index in [9.17, 15) is 4.39 Å².